The molecule has 0 aliphatic rings. The van der Waals surface area contributed by atoms with Crippen LogP contribution in [0.2, 0.25) is 0 Å². The molecule has 0 atom stereocenters. The molecular formula is C17H24FIN4S. The van der Waals surface area contributed by atoms with Crippen molar-refractivity contribution in [3.63, 3.8) is 0 Å². The Hall–Kier alpha value is -1.22. The average molecular weight is 462 g/mol. The van der Waals surface area contributed by atoms with Crippen LogP contribution < -0.4 is 5.32 Å². The number of rotatable bonds is 5. The SMILES string of the molecule is CCNC(=NCc1ccc(C)c(F)c1)N(C)Cc1csc(C)n1.I. The first-order chi connectivity index (χ1) is 11.0. The van der Waals surface area contributed by atoms with E-state index in [1.165, 1.54) is 0 Å². The molecule has 132 valence electrons. The predicted octanol–water partition coefficient (Wildman–Crippen LogP) is 4.11. The van der Waals surface area contributed by atoms with Gasteiger partial charge < -0.3 is 10.2 Å². The fourth-order valence-corrected chi connectivity index (χ4v) is 2.77. The van der Waals surface area contributed by atoms with E-state index >= 15 is 0 Å². The van der Waals surface area contributed by atoms with Gasteiger partial charge in [0.1, 0.15) is 5.82 Å². The van der Waals surface area contributed by atoms with Gasteiger partial charge in [0.15, 0.2) is 5.96 Å². The highest BCUT2D eigenvalue weighted by Crippen LogP contribution is 2.12. The number of benzene rings is 1. The Morgan fingerprint density at radius 1 is 1.38 bits per heavy atom. The molecule has 2 rings (SSSR count). The number of hydrogen-bond acceptors (Lipinski definition) is 3. The summed E-state index contributed by atoms with van der Waals surface area (Å²) in [5.41, 5.74) is 2.55. The molecular weight excluding hydrogens is 438 g/mol. The zero-order valence-electron chi connectivity index (χ0n) is 14.5. The Morgan fingerprint density at radius 2 is 2.12 bits per heavy atom. The molecule has 0 aliphatic carbocycles. The normalized spacial score (nSPS) is 11.1. The first kappa shape index (κ1) is 20.8. The number of aryl methyl sites for hydroxylation is 2. The largest absolute Gasteiger partial charge is 0.357 e. The van der Waals surface area contributed by atoms with Gasteiger partial charge in [-0.2, -0.15) is 0 Å². The summed E-state index contributed by atoms with van der Waals surface area (Å²) in [5.74, 6) is 0.605. The molecule has 1 N–H and O–H groups in total. The number of nitrogens with zero attached hydrogens (tertiary/aromatic N) is 3. The van der Waals surface area contributed by atoms with E-state index in [0.717, 1.165) is 28.8 Å². The summed E-state index contributed by atoms with van der Waals surface area (Å²) >= 11 is 1.64. The minimum Gasteiger partial charge on any atom is -0.357 e. The van der Waals surface area contributed by atoms with Crippen LogP contribution in [0.3, 0.4) is 0 Å². The molecule has 24 heavy (non-hydrogen) atoms. The molecule has 1 aromatic carbocycles. The molecule has 0 unspecified atom stereocenters. The van der Waals surface area contributed by atoms with Crippen molar-refractivity contribution in [1.29, 1.82) is 0 Å². The van der Waals surface area contributed by atoms with E-state index in [-0.39, 0.29) is 29.8 Å². The number of aliphatic imine (C=N–C) groups is 1. The summed E-state index contributed by atoms with van der Waals surface area (Å²) < 4.78 is 13.6. The van der Waals surface area contributed by atoms with E-state index in [1.807, 2.05) is 31.9 Å². The molecule has 4 nitrogen and oxygen atoms in total. The Morgan fingerprint density at radius 3 is 2.71 bits per heavy atom. The second-order valence-corrected chi connectivity index (χ2v) is 6.53. The predicted molar refractivity (Wildman–Crippen MR) is 110 cm³/mol. The highest BCUT2D eigenvalue weighted by atomic mass is 127. The summed E-state index contributed by atoms with van der Waals surface area (Å²) in [4.78, 5) is 11.1. The molecule has 2 aromatic rings. The highest BCUT2D eigenvalue weighted by molar-refractivity contribution is 14.0. The van der Waals surface area contributed by atoms with Gasteiger partial charge in [-0.25, -0.2) is 14.4 Å². The molecule has 0 aliphatic heterocycles. The summed E-state index contributed by atoms with van der Waals surface area (Å²) in [7, 11) is 1.98. The number of thiazole rings is 1. The van der Waals surface area contributed by atoms with Crippen molar-refractivity contribution >= 4 is 41.3 Å². The molecule has 0 fully saturated rings. The summed E-state index contributed by atoms with van der Waals surface area (Å²) in [6.07, 6.45) is 0. The van der Waals surface area contributed by atoms with Gasteiger partial charge >= 0.3 is 0 Å². The first-order valence-corrected chi connectivity index (χ1v) is 8.53. The van der Waals surface area contributed by atoms with Gasteiger partial charge in [0.2, 0.25) is 0 Å². The number of halogens is 2. The van der Waals surface area contributed by atoms with Crippen LogP contribution in [0.4, 0.5) is 4.39 Å². The van der Waals surface area contributed by atoms with Crippen LogP contribution in [0.25, 0.3) is 0 Å². The zero-order chi connectivity index (χ0) is 16.8. The standard InChI is InChI=1S/C17H23FN4S.HI/c1-5-19-17(22(4)10-15-11-23-13(3)21-15)20-9-14-7-6-12(2)16(18)8-14;/h6-8,11H,5,9-10H2,1-4H3,(H,19,20);1H. The number of hydrogen-bond donors (Lipinski definition) is 1. The molecule has 0 spiro atoms. The van der Waals surface area contributed by atoms with Crippen LogP contribution in [0.5, 0.6) is 0 Å². The lowest BCUT2D eigenvalue weighted by Crippen LogP contribution is -2.38. The smallest absolute Gasteiger partial charge is 0.194 e. The van der Waals surface area contributed by atoms with Gasteiger partial charge in [-0.3, -0.25) is 0 Å². The first-order valence-electron chi connectivity index (χ1n) is 7.65. The van der Waals surface area contributed by atoms with Crippen molar-refractivity contribution in [3.05, 3.63) is 51.2 Å². The van der Waals surface area contributed by atoms with E-state index in [1.54, 1.807) is 30.4 Å². The fraction of sp³-hybridized carbons (Fsp3) is 0.412. The molecule has 1 aromatic heterocycles. The number of aromatic nitrogens is 1. The van der Waals surface area contributed by atoms with E-state index in [0.29, 0.717) is 18.7 Å². The number of nitrogens with one attached hydrogen (secondary N) is 1. The maximum atomic E-state index is 13.6. The van der Waals surface area contributed by atoms with Crippen LogP contribution in [0.1, 0.15) is 28.8 Å². The molecule has 0 bridgehead atoms. The van der Waals surface area contributed by atoms with Crippen LogP contribution in [0, 0.1) is 19.7 Å². The van der Waals surface area contributed by atoms with Gasteiger partial charge in [-0.15, -0.1) is 35.3 Å². The fourth-order valence-electron chi connectivity index (χ4n) is 2.17. The molecule has 0 saturated carbocycles. The third-order valence-corrected chi connectivity index (χ3v) is 4.23. The van der Waals surface area contributed by atoms with Crippen LogP contribution in [0.15, 0.2) is 28.6 Å². The van der Waals surface area contributed by atoms with E-state index in [4.69, 9.17) is 0 Å². The monoisotopic (exact) mass is 462 g/mol. The van der Waals surface area contributed by atoms with Crippen molar-refractivity contribution in [2.24, 2.45) is 4.99 Å². The Bertz CT molecular complexity index is 687. The Balaban J connectivity index is 0.00000288. The Labute approximate surface area is 164 Å². The van der Waals surface area contributed by atoms with Gasteiger partial charge in [0, 0.05) is 19.0 Å². The lowest BCUT2D eigenvalue weighted by atomic mass is 10.1. The third kappa shape index (κ3) is 6.01. The minimum atomic E-state index is -0.186. The maximum absolute atomic E-state index is 13.6. The van der Waals surface area contributed by atoms with E-state index < -0.39 is 0 Å². The summed E-state index contributed by atoms with van der Waals surface area (Å²) in [5, 5.41) is 6.38. The molecule has 0 amide bonds. The average Bonchev–Trinajstić information content (AvgIpc) is 2.92. The van der Waals surface area contributed by atoms with Crippen molar-refractivity contribution < 1.29 is 4.39 Å². The molecule has 0 saturated heterocycles. The second-order valence-electron chi connectivity index (χ2n) is 5.47. The van der Waals surface area contributed by atoms with Gasteiger partial charge in [0.05, 0.1) is 23.8 Å². The second kappa shape index (κ2) is 9.93. The quantitative estimate of drug-likeness (QED) is 0.413. The van der Waals surface area contributed by atoms with Crippen molar-refractivity contribution in [3.8, 4) is 0 Å². The van der Waals surface area contributed by atoms with Gasteiger partial charge in [0.25, 0.3) is 0 Å². The lowest BCUT2D eigenvalue weighted by Gasteiger charge is -2.21. The molecule has 0 radical (unpaired) electrons. The third-order valence-electron chi connectivity index (χ3n) is 3.41. The molecule has 1 heterocycles. The Kier molecular flexibility index (Phi) is 8.61. The zero-order valence-corrected chi connectivity index (χ0v) is 17.6. The van der Waals surface area contributed by atoms with Crippen molar-refractivity contribution in [1.82, 2.24) is 15.2 Å². The van der Waals surface area contributed by atoms with Crippen LogP contribution >= 0.6 is 35.3 Å². The minimum absolute atomic E-state index is 0. The van der Waals surface area contributed by atoms with Crippen LogP contribution in [-0.2, 0) is 13.1 Å². The van der Waals surface area contributed by atoms with E-state index in [2.05, 4.69) is 20.7 Å². The van der Waals surface area contributed by atoms with Crippen LogP contribution in [-0.4, -0.2) is 29.4 Å². The summed E-state index contributed by atoms with van der Waals surface area (Å²) in [6, 6.07) is 5.25. The topological polar surface area (TPSA) is 40.5 Å². The van der Waals surface area contributed by atoms with Crippen molar-refractivity contribution in [2.45, 2.75) is 33.9 Å². The van der Waals surface area contributed by atoms with Gasteiger partial charge in [-0.05, 0) is 38.0 Å². The number of guanidine groups is 1. The van der Waals surface area contributed by atoms with E-state index in [9.17, 15) is 4.39 Å². The lowest BCUT2D eigenvalue weighted by molar-refractivity contribution is 0.470. The van der Waals surface area contributed by atoms with Crippen molar-refractivity contribution in [2.75, 3.05) is 13.6 Å². The highest BCUT2D eigenvalue weighted by Gasteiger charge is 2.09. The van der Waals surface area contributed by atoms with Gasteiger partial charge in [-0.1, -0.05) is 12.1 Å². The molecule has 7 heteroatoms. The summed E-state index contributed by atoms with van der Waals surface area (Å²) in [6.45, 7) is 7.71. The maximum Gasteiger partial charge on any atom is 0.194 e.